The Hall–Kier alpha value is -1.64. The number of likely N-dealkylation sites (tertiary alicyclic amines) is 1. The molecule has 0 aromatic heterocycles. The first-order valence-electron chi connectivity index (χ1n) is 9.21. The van der Waals surface area contributed by atoms with Gasteiger partial charge in [-0.3, -0.25) is 9.69 Å². The topological polar surface area (TPSA) is 86.9 Å². The minimum atomic E-state index is -3.66. The highest BCUT2D eigenvalue weighted by Crippen LogP contribution is 2.20. The fourth-order valence-corrected chi connectivity index (χ4v) is 4.08. The second kappa shape index (κ2) is 7.94. The molecule has 2 heterocycles. The molecule has 0 spiro atoms. The van der Waals surface area contributed by atoms with Crippen LogP contribution >= 0.6 is 0 Å². The molecule has 0 aliphatic carbocycles. The third-order valence-electron chi connectivity index (χ3n) is 5.40. The van der Waals surface area contributed by atoms with Gasteiger partial charge in [-0.25, -0.2) is 13.6 Å². The van der Waals surface area contributed by atoms with E-state index in [1.54, 1.807) is 12.1 Å². The smallest absolute Gasteiger partial charge is 0.238 e. The van der Waals surface area contributed by atoms with Gasteiger partial charge in [-0.1, -0.05) is 6.92 Å². The Balaban J connectivity index is 1.49. The van der Waals surface area contributed by atoms with E-state index in [2.05, 4.69) is 16.7 Å². The lowest BCUT2D eigenvalue weighted by atomic mass is 9.99. The zero-order chi connectivity index (χ0) is 18.7. The molecule has 2 aliphatic heterocycles. The molecule has 144 valence electrons. The largest absolute Gasteiger partial charge is 0.369 e. The molecule has 2 N–H and O–H groups in total. The maximum absolute atomic E-state index is 12.5. The number of sulfonamides is 1. The van der Waals surface area contributed by atoms with Gasteiger partial charge in [0, 0.05) is 45.0 Å². The molecule has 0 radical (unpaired) electrons. The van der Waals surface area contributed by atoms with Gasteiger partial charge in [0.05, 0.1) is 11.4 Å². The van der Waals surface area contributed by atoms with E-state index in [0.29, 0.717) is 6.54 Å². The van der Waals surface area contributed by atoms with E-state index in [4.69, 9.17) is 5.14 Å². The molecule has 1 aromatic carbocycles. The van der Waals surface area contributed by atoms with Gasteiger partial charge in [-0.2, -0.15) is 0 Å². The van der Waals surface area contributed by atoms with Crippen LogP contribution in [0.15, 0.2) is 29.2 Å². The first kappa shape index (κ1) is 19.1. The second-order valence-corrected chi connectivity index (χ2v) is 8.93. The number of rotatable bonds is 4. The van der Waals surface area contributed by atoms with E-state index < -0.39 is 10.0 Å². The van der Waals surface area contributed by atoms with E-state index in [1.165, 1.54) is 12.1 Å². The van der Waals surface area contributed by atoms with Crippen molar-refractivity contribution in [2.45, 2.75) is 24.7 Å². The van der Waals surface area contributed by atoms with Gasteiger partial charge in [0.1, 0.15) is 0 Å². The number of carbonyl (C=O) groups is 1. The maximum atomic E-state index is 12.5. The molecule has 7 nitrogen and oxygen atoms in total. The van der Waals surface area contributed by atoms with Gasteiger partial charge >= 0.3 is 0 Å². The van der Waals surface area contributed by atoms with Gasteiger partial charge in [-0.05, 0) is 43.0 Å². The van der Waals surface area contributed by atoms with Crippen molar-refractivity contribution in [3.8, 4) is 0 Å². The lowest BCUT2D eigenvalue weighted by Crippen LogP contribution is -2.51. The van der Waals surface area contributed by atoms with Crippen LogP contribution in [0.25, 0.3) is 0 Å². The van der Waals surface area contributed by atoms with Gasteiger partial charge in [0.25, 0.3) is 0 Å². The molecule has 0 unspecified atom stereocenters. The summed E-state index contributed by atoms with van der Waals surface area (Å²) in [6, 6.07) is 6.65. The van der Waals surface area contributed by atoms with Crippen LogP contribution in [0, 0.1) is 5.92 Å². The highest BCUT2D eigenvalue weighted by Gasteiger charge is 2.24. The fraction of sp³-hybridized carbons (Fsp3) is 0.611. The van der Waals surface area contributed by atoms with E-state index in [1.807, 2.05) is 4.90 Å². The van der Waals surface area contributed by atoms with Crippen LogP contribution in [-0.2, 0) is 14.8 Å². The number of nitrogens with zero attached hydrogens (tertiary/aromatic N) is 3. The summed E-state index contributed by atoms with van der Waals surface area (Å²) in [4.78, 5) is 19.0. The number of carbonyl (C=O) groups excluding carboxylic acids is 1. The Morgan fingerprint density at radius 2 is 1.62 bits per heavy atom. The van der Waals surface area contributed by atoms with Crippen LogP contribution in [0.1, 0.15) is 19.8 Å². The number of piperazine rings is 1. The van der Waals surface area contributed by atoms with E-state index in [9.17, 15) is 13.2 Å². The van der Waals surface area contributed by atoms with Crippen molar-refractivity contribution < 1.29 is 13.2 Å². The summed E-state index contributed by atoms with van der Waals surface area (Å²) >= 11 is 0. The van der Waals surface area contributed by atoms with Crippen molar-refractivity contribution in [1.82, 2.24) is 9.80 Å². The molecule has 0 bridgehead atoms. The van der Waals surface area contributed by atoms with Crippen LogP contribution in [0.5, 0.6) is 0 Å². The average Bonchev–Trinajstić information content (AvgIpc) is 2.62. The number of nitrogens with two attached hydrogens (primary N) is 1. The minimum absolute atomic E-state index is 0.126. The molecular formula is C18H28N4O3S. The molecule has 8 heteroatoms. The molecule has 1 amide bonds. The van der Waals surface area contributed by atoms with E-state index in [-0.39, 0.29) is 10.8 Å². The van der Waals surface area contributed by atoms with Crippen LogP contribution < -0.4 is 10.0 Å². The molecular weight excluding hydrogens is 352 g/mol. The summed E-state index contributed by atoms with van der Waals surface area (Å²) in [6.45, 7) is 7.80. The predicted octanol–water partition coefficient (Wildman–Crippen LogP) is 0.715. The lowest BCUT2D eigenvalue weighted by Gasteiger charge is -2.37. The summed E-state index contributed by atoms with van der Waals surface area (Å²) in [5.41, 5.74) is 0.980. The number of primary sulfonamides is 1. The first-order valence-corrected chi connectivity index (χ1v) is 10.8. The van der Waals surface area contributed by atoms with Crippen molar-refractivity contribution in [1.29, 1.82) is 0 Å². The van der Waals surface area contributed by atoms with Crippen molar-refractivity contribution in [3.05, 3.63) is 24.3 Å². The van der Waals surface area contributed by atoms with Gasteiger partial charge in [-0.15, -0.1) is 0 Å². The fourth-order valence-electron chi connectivity index (χ4n) is 3.56. The minimum Gasteiger partial charge on any atom is -0.369 e. The number of benzene rings is 1. The number of anilines is 1. The normalized spacial score (nSPS) is 20.4. The second-order valence-electron chi connectivity index (χ2n) is 7.37. The standard InChI is InChI=1S/C18H28N4O3S/c1-15-6-8-22(9-7-15)18(23)14-20-10-12-21(13-11-20)16-2-4-17(5-3-16)26(19,24)25/h2-5,15H,6-14H2,1H3,(H2,19,24,25). The van der Waals surface area contributed by atoms with E-state index in [0.717, 1.165) is 63.7 Å². The van der Waals surface area contributed by atoms with Crippen LogP contribution in [0.4, 0.5) is 5.69 Å². The quantitative estimate of drug-likeness (QED) is 0.831. The van der Waals surface area contributed by atoms with Crippen LogP contribution in [-0.4, -0.2) is 69.9 Å². The molecule has 2 saturated heterocycles. The third kappa shape index (κ3) is 4.75. The maximum Gasteiger partial charge on any atom is 0.238 e. The highest BCUT2D eigenvalue weighted by molar-refractivity contribution is 7.89. The van der Waals surface area contributed by atoms with Gasteiger partial charge in [0.15, 0.2) is 0 Å². The molecule has 0 saturated carbocycles. The Morgan fingerprint density at radius 1 is 1.04 bits per heavy atom. The Bertz CT molecular complexity index is 719. The number of piperidine rings is 1. The van der Waals surface area contributed by atoms with Gasteiger partial charge < -0.3 is 9.80 Å². The average molecular weight is 381 g/mol. The summed E-state index contributed by atoms with van der Waals surface area (Å²) < 4.78 is 22.7. The molecule has 3 rings (SSSR count). The molecule has 2 fully saturated rings. The van der Waals surface area contributed by atoms with Crippen molar-refractivity contribution in [2.75, 3.05) is 50.7 Å². The molecule has 26 heavy (non-hydrogen) atoms. The van der Waals surface area contributed by atoms with E-state index >= 15 is 0 Å². The number of hydrogen-bond donors (Lipinski definition) is 1. The molecule has 0 atom stereocenters. The lowest BCUT2D eigenvalue weighted by molar-refractivity contribution is -0.133. The first-order chi connectivity index (χ1) is 12.3. The zero-order valence-corrected chi connectivity index (χ0v) is 16.1. The Kier molecular flexibility index (Phi) is 5.84. The summed E-state index contributed by atoms with van der Waals surface area (Å²) in [6.07, 6.45) is 2.21. The molecule has 1 aromatic rings. The summed E-state index contributed by atoms with van der Waals surface area (Å²) in [5, 5.41) is 5.13. The predicted molar refractivity (Wildman–Crippen MR) is 101 cm³/mol. The zero-order valence-electron chi connectivity index (χ0n) is 15.3. The van der Waals surface area contributed by atoms with Crippen LogP contribution in [0.3, 0.4) is 0 Å². The number of amides is 1. The number of hydrogen-bond acceptors (Lipinski definition) is 5. The van der Waals surface area contributed by atoms with Crippen molar-refractivity contribution >= 4 is 21.6 Å². The highest BCUT2D eigenvalue weighted by atomic mass is 32.2. The summed E-state index contributed by atoms with van der Waals surface area (Å²) in [5.74, 6) is 0.964. The van der Waals surface area contributed by atoms with Crippen molar-refractivity contribution in [3.63, 3.8) is 0 Å². The van der Waals surface area contributed by atoms with Gasteiger partial charge in [0.2, 0.25) is 15.9 Å². The molecule has 2 aliphatic rings. The summed E-state index contributed by atoms with van der Waals surface area (Å²) in [7, 11) is -3.66. The van der Waals surface area contributed by atoms with Crippen LogP contribution in [0.2, 0.25) is 0 Å². The Labute approximate surface area is 155 Å². The third-order valence-corrected chi connectivity index (χ3v) is 6.33. The Morgan fingerprint density at radius 3 is 2.15 bits per heavy atom. The monoisotopic (exact) mass is 380 g/mol. The SMILES string of the molecule is CC1CCN(C(=O)CN2CCN(c3ccc(S(N)(=O)=O)cc3)CC2)CC1. The van der Waals surface area contributed by atoms with Crippen molar-refractivity contribution in [2.24, 2.45) is 11.1 Å².